The van der Waals surface area contributed by atoms with Crippen molar-refractivity contribution in [2.45, 2.75) is 45.1 Å². The Bertz CT molecular complexity index is 844. The minimum absolute atomic E-state index is 0.150. The second kappa shape index (κ2) is 9.67. The van der Waals surface area contributed by atoms with Gasteiger partial charge in [-0.25, -0.2) is 8.42 Å². The Morgan fingerprint density at radius 2 is 1.52 bits per heavy atom. The van der Waals surface area contributed by atoms with Gasteiger partial charge in [-0.1, -0.05) is 60.9 Å². The van der Waals surface area contributed by atoms with Crippen molar-refractivity contribution < 1.29 is 13.2 Å². The molecule has 0 bridgehead atoms. The summed E-state index contributed by atoms with van der Waals surface area (Å²) in [5.41, 5.74) is 2.93. The molecule has 0 fully saturated rings. The van der Waals surface area contributed by atoms with Crippen molar-refractivity contribution in [3.8, 4) is 0 Å². The van der Waals surface area contributed by atoms with Crippen LogP contribution in [-0.2, 0) is 21.4 Å². The number of unbranched alkanes of at least 4 members (excludes halogenated alkanes) is 1. The van der Waals surface area contributed by atoms with Crippen LogP contribution in [0.5, 0.6) is 0 Å². The van der Waals surface area contributed by atoms with E-state index in [1.165, 1.54) is 4.31 Å². The molecule has 0 unspecified atom stereocenters. The van der Waals surface area contributed by atoms with Gasteiger partial charge in [0.25, 0.3) is 0 Å². The first-order chi connectivity index (χ1) is 12.8. The average Bonchev–Trinajstić information content (AvgIpc) is 2.63. The number of carbonyl (C=O) groups is 1. The SMILES string of the molecule is CCCCNC(=O)CN(Cc1ccc(C)cc1)S(=O)(=O)c1ccc(C)cc1. The monoisotopic (exact) mass is 388 g/mol. The number of hydrogen-bond acceptors (Lipinski definition) is 3. The summed E-state index contributed by atoms with van der Waals surface area (Å²) >= 11 is 0. The maximum atomic E-state index is 13.1. The summed E-state index contributed by atoms with van der Waals surface area (Å²) in [5.74, 6) is -0.286. The minimum atomic E-state index is -3.78. The molecule has 0 radical (unpaired) electrons. The van der Waals surface area contributed by atoms with Gasteiger partial charge in [0.1, 0.15) is 0 Å². The lowest BCUT2D eigenvalue weighted by atomic mass is 10.1. The van der Waals surface area contributed by atoms with Crippen molar-refractivity contribution in [1.29, 1.82) is 0 Å². The third-order valence-electron chi connectivity index (χ3n) is 4.31. The molecule has 0 aliphatic rings. The molecule has 5 nitrogen and oxygen atoms in total. The molecule has 0 aliphatic carbocycles. The molecular weight excluding hydrogens is 360 g/mol. The molecule has 0 heterocycles. The van der Waals surface area contributed by atoms with Gasteiger partial charge in [0.2, 0.25) is 15.9 Å². The standard InChI is InChI=1S/C21H28N2O3S/c1-4-5-14-22-21(24)16-23(15-19-10-6-17(2)7-11-19)27(25,26)20-12-8-18(3)9-13-20/h6-13H,4-5,14-16H2,1-3H3,(H,22,24). The molecule has 2 rings (SSSR count). The van der Waals surface area contributed by atoms with E-state index in [0.717, 1.165) is 29.5 Å². The Labute approximate surface area is 162 Å². The third-order valence-corrected chi connectivity index (χ3v) is 6.12. The number of rotatable bonds is 9. The smallest absolute Gasteiger partial charge is 0.243 e. The molecule has 0 aliphatic heterocycles. The highest BCUT2D eigenvalue weighted by atomic mass is 32.2. The molecule has 0 spiro atoms. The van der Waals surface area contributed by atoms with E-state index in [0.29, 0.717) is 6.54 Å². The maximum Gasteiger partial charge on any atom is 0.243 e. The van der Waals surface area contributed by atoms with Gasteiger partial charge in [0, 0.05) is 13.1 Å². The number of hydrogen-bond donors (Lipinski definition) is 1. The molecule has 0 saturated carbocycles. The zero-order valence-electron chi connectivity index (χ0n) is 16.2. The van der Waals surface area contributed by atoms with E-state index >= 15 is 0 Å². The van der Waals surface area contributed by atoms with Gasteiger partial charge in [0.15, 0.2) is 0 Å². The van der Waals surface area contributed by atoms with Crippen LogP contribution in [0.25, 0.3) is 0 Å². The van der Waals surface area contributed by atoms with E-state index in [2.05, 4.69) is 5.32 Å². The van der Waals surface area contributed by atoms with Gasteiger partial charge in [-0.2, -0.15) is 4.31 Å². The fourth-order valence-corrected chi connectivity index (χ4v) is 3.99. The maximum absolute atomic E-state index is 13.1. The molecule has 0 atom stereocenters. The molecular formula is C21H28N2O3S. The number of nitrogens with zero attached hydrogens (tertiary/aromatic N) is 1. The van der Waals surface area contributed by atoms with Crippen LogP contribution in [0.2, 0.25) is 0 Å². The lowest BCUT2D eigenvalue weighted by molar-refractivity contribution is -0.121. The first-order valence-corrected chi connectivity index (χ1v) is 10.7. The van der Waals surface area contributed by atoms with Crippen molar-refractivity contribution in [3.05, 3.63) is 65.2 Å². The third kappa shape index (κ3) is 6.19. The summed E-state index contributed by atoms with van der Waals surface area (Å²) in [7, 11) is -3.78. The van der Waals surface area contributed by atoms with Crippen molar-refractivity contribution in [2.75, 3.05) is 13.1 Å². The van der Waals surface area contributed by atoms with Crippen LogP contribution in [-0.4, -0.2) is 31.7 Å². The molecule has 2 aromatic rings. The Hall–Kier alpha value is -2.18. The van der Waals surface area contributed by atoms with Crippen LogP contribution >= 0.6 is 0 Å². The number of nitrogens with one attached hydrogen (secondary N) is 1. The topological polar surface area (TPSA) is 66.5 Å². The highest BCUT2D eigenvalue weighted by molar-refractivity contribution is 7.89. The average molecular weight is 389 g/mol. The van der Waals surface area contributed by atoms with Gasteiger partial charge in [0.05, 0.1) is 11.4 Å². The van der Waals surface area contributed by atoms with E-state index in [4.69, 9.17) is 0 Å². The van der Waals surface area contributed by atoms with Crippen LogP contribution in [0, 0.1) is 13.8 Å². The van der Waals surface area contributed by atoms with Crippen LogP contribution in [0.4, 0.5) is 0 Å². The zero-order valence-corrected chi connectivity index (χ0v) is 17.1. The molecule has 1 N–H and O–H groups in total. The van der Waals surface area contributed by atoms with Crippen LogP contribution < -0.4 is 5.32 Å². The van der Waals surface area contributed by atoms with E-state index in [9.17, 15) is 13.2 Å². The summed E-state index contributed by atoms with van der Waals surface area (Å²) in [6, 6.07) is 14.4. The normalized spacial score (nSPS) is 11.6. The second-order valence-electron chi connectivity index (χ2n) is 6.78. The fraction of sp³-hybridized carbons (Fsp3) is 0.381. The Balaban J connectivity index is 2.25. The summed E-state index contributed by atoms with van der Waals surface area (Å²) < 4.78 is 27.5. The summed E-state index contributed by atoms with van der Waals surface area (Å²) in [6.45, 7) is 6.43. The van der Waals surface area contributed by atoms with Crippen molar-refractivity contribution in [1.82, 2.24) is 9.62 Å². The van der Waals surface area contributed by atoms with Crippen LogP contribution in [0.15, 0.2) is 53.4 Å². The van der Waals surface area contributed by atoms with Crippen LogP contribution in [0.3, 0.4) is 0 Å². The zero-order chi connectivity index (χ0) is 19.9. The molecule has 0 aromatic heterocycles. The van der Waals surface area contributed by atoms with E-state index in [-0.39, 0.29) is 23.9 Å². The largest absolute Gasteiger partial charge is 0.355 e. The first kappa shape index (κ1) is 21.1. The van der Waals surface area contributed by atoms with E-state index in [1.807, 2.05) is 45.0 Å². The minimum Gasteiger partial charge on any atom is -0.355 e. The number of aryl methyl sites for hydroxylation is 2. The lowest BCUT2D eigenvalue weighted by Crippen LogP contribution is -2.40. The van der Waals surface area contributed by atoms with Gasteiger partial charge in [-0.05, 0) is 38.0 Å². The fourth-order valence-electron chi connectivity index (χ4n) is 2.60. The molecule has 0 saturated heterocycles. The van der Waals surface area contributed by atoms with Crippen molar-refractivity contribution >= 4 is 15.9 Å². The Kier molecular flexibility index (Phi) is 7.56. The molecule has 146 valence electrons. The number of amides is 1. The van der Waals surface area contributed by atoms with Gasteiger partial charge in [-0.3, -0.25) is 4.79 Å². The molecule has 1 amide bonds. The highest BCUT2D eigenvalue weighted by Crippen LogP contribution is 2.19. The number of benzene rings is 2. The lowest BCUT2D eigenvalue weighted by Gasteiger charge is -2.22. The molecule has 6 heteroatoms. The number of sulfonamides is 1. The predicted molar refractivity (Wildman–Crippen MR) is 108 cm³/mol. The first-order valence-electron chi connectivity index (χ1n) is 9.22. The van der Waals surface area contributed by atoms with Gasteiger partial charge < -0.3 is 5.32 Å². The Morgan fingerprint density at radius 1 is 0.963 bits per heavy atom. The van der Waals surface area contributed by atoms with Gasteiger partial charge >= 0.3 is 0 Å². The Morgan fingerprint density at radius 3 is 2.07 bits per heavy atom. The predicted octanol–water partition coefficient (Wildman–Crippen LogP) is 3.41. The van der Waals surface area contributed by atoms with E-state index in [1.54, 1.807) is 24.3 Å². The summed E-state index contributed by atoms with van der Waals surface area (Å²) in [5, 5.41) is 2.80. The van der Waals surface area contributed by atoms with Crippen molar-refractivity contribution in [3.63, 3.8) is 0 Å². The van der Waals surface area contributed by atoms with Crippen molar-refractivity contribution in [2.24, 2.45) is 0 Å². The van der Waals surface area contributed by atoms with Crippen LogP contribution in [0.1, 0.15) is 36.5 Å². The second-order valence-corrected chi connectivity index (χ2v) is 8.71. The highest BCUT2D eigenvalue weighted by Gasteiger charge is 2.26. The quantitative estimate of drug-likeness (QED) is 0.670. The molecule has 2 aromatic carbocycles. The molecule has 27 heavy (non-hydrogen) atoms. The summed E-state index contributed by atoms with van der Waals surface area (Å²) in [4.78, 5) is 12.5. The van der Waals surface area contributed by atoms with Gasteiger partial charge in [-0.15, -0.1) is 0 Å². The number of carbonyl (C=O) groups excluding carboxylic acids is 1. The summed E-state index contributed by atoms with van der Waals surface area (Å²) in [6.07, 6.45) is 1.84. The van der Waals surface area contributed by atoms with E-state index < -0.39 is 10.0 Å².